The summed E-state index contributed by atoms with van der Waals surface area (Å²) in [6, 6.07) is 0. The summed E-state index contributed by atoms with van der Waals surface area (Å²) in [7, 11) is 0. The van der Waals surface area contributed by atoms with Crippen molar-refractivity contribution in [2.24, 2.45) is 5.92 Å². The van der Waals surface area contributed by atoms with Gasteiger partial charge in [0.15, 0.2) is 0 Å². The van der Waals surface area contributed by atoms with Gasteiger partial charge < -0.3 is 15.3 Å². The van der Waals surface area contributed by atoms with Crippen molar-refractivity contribution in [3.8, 4) is 0 Å². The Kier molecular flexibility index (Phi) is 7.14. The van der Waals surface area contributed by atoms with Gasteiger partial charge in [0.25, 0.3) is 0 Å². The van der Waals surface area contributed by atoms with Gasteiger partial charge in [0.2, 0.25) is 0 Å². The molecule has 0 saturated heterocycles. The van der Waals surface area contributed by atoms with Gasteiger partial charge in [0.05, 0.1) is 5.60 Å². The zero-order chi connectivity index (χ0) is 11.9. The van der Waals surface area contributed by atoms with E-state index >= 15 is 0 Å². The van der Waals surface area contributed by atoms with Crippen molar-refractivity contribution >= 4 is 0 Å². The van der Waals surface area contributed by atoms with Crippen molar-refractivity contribution in [3.63, 3.8) is 0 Å². The highest BCUT2D eigenvalue weighted by Crippen LogP contribution is 2.14. The standard InChI is InChI=1S/C12H28N2O/c1-6-14(7-2)9-8-13-10-12(5,15)11(3)4/h11,13,15H,6-10H2,1-5H3. The van der Waals surface area contributed by atoms with Crippen molar-refractivity contribution in [3.05, 3.63) is 0 Å². The van der Waals surface area contributed by atoms with Gasteiger partial charge in [-0.1, -0.05) is 27.7 Å². The maximum absolute atomic E-state index is 10.00. The van der Waals surface area contributed by atoms with E-state index in [4.69, 9.17) is 0 Å². The summed E-state index contributed by atoms with van der Waals surface area (Å²) in [6.45, 7) is 15.2. The van der Waals surface area contributed by atoms with E-state index in [-0.39, 0.29) is 0 Å². The molecule has 2 N–H and O–H groups in total. The van der Waals surface area contributed by atoms with Crippen LogP contribution in [0.1, 0.15) is 34.6 Å². The van der Waals surface area contributed by atoms with E-state index in [0.29, 0.717) is 12.5 Å². The van der Waals surface area contributed by atoms with Gasteiger partial charge in [-0.2, -0.15) is 0 Å². The Bertz CT molecular complexity index is 154. The van der Waals surface area contributed by atoms with Crippen LogP contribution < -0.4 is 5.32 Å². The van der Waals surface area contributed by atoms with E-state index in [1.165, 1.54) is 0 Å². The van der Waals surface area contributed by atoms with E-state index in [1.54, 1.807) is 0 Å². The summed E-state index contributed by atoms with van der Waals surface area (Å²) in [5.74, 6) is 0.290. The Hall–Kier alpha value is -0.120. The number of nitrogens with zero attached hydrogens (tertiary/aromatic N) is 1. The predicted octanol–water partition coefficient (Wildman–Crippen LogP) is 1.32. The van der Waals surface area contributed by atoms with Crippen LogP contribution in [0, 0.1) is 5.92 Å². The summed E-state index contributed by atoms with van der Waals surface area (Å²) in [4.78, 5) is 2.37. The molecule has 3 heteroatoms. The highest BCUT2D eigenvalue weighted by Gasteiger charge is 2.23. The molecule has 92 valence electrons. The number of aliphatic hydroxyl groups is 1. The van der Waals surface area contributed by atoms with Crippen LogP contribution in [0.25, 0.3) is 0 Å². The van der Waals surface area contributed by atoms with Gasteiger partial charge in [0, 0.05) is 19.6 Å². The first kappa shape index (κ1) is 14.9. The average molecular weight is 216 g/mol. The maximum Gasteiger partial charge on any atom is 0.0766 e. The zero-order valence-electron chi connectivity index (χ0n) is 11.0. The van der Waals surface area contributed by atoms with E-state index < -0.39 is 5.60 Å². The van der Waals surface area contributed by atoms with Crippen molar-refractivity contribution < 1.29 is 5.11 Å². The molecule has 0 fully saturated rings. The first-order valence-electron chi connectivity index (χ1n) is 6.09. The van der Waals surface area contributed by atoms with Crippen LogP contribution in [0.4, 0.5) is 0 Å². The molecule has 0 amide bonds. The summed E-state index contributed by atoms with van der Waals surface area (Å²) >= 11 is 0. The highest BCUT2D eigenvalue weighted by molar-refractivity contribution is 4.78. The number of rotatable bonds is 8. The zero-order valence-corrected chi connectivity index (χ0v) is 11.0. The highest BCUT2D eigenvalue weighted by atomic mass is 16.3. The van der Waals surface area contributed by atoms with Gasteiger partial charge in [-0.05, 0) is 25.9 Å². The second-order valence-corrected chi connectivity index (χ2v) is 4.72. The van der Waals surface area contributed by atoms with Crippen molar-refractivity contribution in [2.45, 2.75) is 40.2 Å². The van der Waals surface area contributed by atoms with Gasteiger partial charge in [0.1, 0.15) is 0 Å². The SMILES string of the molecule is CCN(CC)CCNCC(C)(O)C(C)C. The third-order valence-corrected chi connectivity index (χ3v) is 3.23. The molecule has 0 bridgehead atoms. The lowest BCUT2D eigenvalue weighted by Crippen LogP contribution is -2.44. The number of hydrogen-bond acceptors (Lipinski definition) is 3. The molecule has 1 atom stereocenters. The first-order chi connectivity index (χ1) is 6.94. The fraction of sp³-hybridized carbons (Fsp3) is 1.00. The Morgan fingerprint density at radius 3 is 2.20 bits per heavy atom. The topological polar surface area (TPSA) is 35.5 Å². The molecule has 0 aromatic heterocycles. The minimum absolute atomic E-state index is 0.290. The smallest absolute Gasteiger partial charge is 0.0766 e. The average Bonchev–Trinajstić information content (AvgIpc) is 2.18. The molecule has 0 heterocycles. The predicted molar refractivity (Wildman–Crippen MR) is 66.1 cm³/mol. The molecule has 15 heavy (non-hydrogen) atoms. The molecule has 0 radical (unpaired) electrons. The van der Waals surface area contributed by atoms with E-state index in [2.05, 4.69) is 24.1 Å². The minimum Gasteiger partial charge on any atom is -0.389 e. The summed E-state index contributed by atoms with van der Waals surface area (Å²) in [5.41, 5.74) is -0.594. The Labute approximate surface area is 94.9 Å². The molecule has 3 nitrogen and oxygen atoms in total. The third-order valence-electron chi connectivity index (χ3n) is 3.23. The van der Waals surface area contributed by atoms with Crippen molar-refractivity contribution in [1.29, 1.82) is 0 Å². The summed E-state index contributed by atoms with van der Waals surface area (Å²) < 4.78 is 0. The minimum atomic E-state index is -0.594. The summed E-state index contributed by atoms with van der Waals surface area (Å²) in [5, 5.41) is 13.3. The van der Waals surface area contributed by atoms with Crippen LogP contribution in [0.5, 0.6) is 0 Å². The Balaban J connectivity index is 3.62. The molecule has 0 aliphatic heterocycles. The summed E-state index contributed by atoms with van der Waals surface area (Å²) in [6.07, 6.45) is 0. The van der Waals surface area contributed by atoms with Crippen LogP contribution >= 0.6 is 0 Å². The van der Waals surface area contributed by atoms with E-state index in [9.17, 15) is 5.11 Å². The molecule has 1 unspecified atom stereocenters. The largest absolute Gasteiger partial charge is 0.389 e. The third kappa shape index (κ3) is 6.13. The van der Waals surface area contributed by atoms with Gasteiger partial charge >= 0.3 is 0 Å². The van der Waals surface area contributed by atoms with Crippen molar-refractivity contribution in [2.75, 3.05) is 32.7 Å². The lowest BCUT2D eigenvalue weighted by molar-refractivity contribution is 0.0140. The number of nitrogens with one attached hydrogen (secondary N) is 1. The quantitative estimate of drug-likeness (QED) is 0.601. The van der Waals surface area contributed by atoms with Gasteiger partial charge in [-0.15, -0.1) is 0 Å². The lowest BCUT2D eigenvalue weighted by atomic mass is 9.93. The second kappa shape index (κ2) is 7.20. The van der Waals surface area contributed by atoms with E-state index in [0.717, 1.165) is 26.2 Å². The monoisotopic (exact) mass is 216 g/mol. The number of likely N-dealkylation sites (N-methyl/N-ethyl adjacent to an activating group) is 1. The van der Waals surface area contributed by atoms with E-state index in [1.807, 2.05) is 20.8 Å². The van der Waals surface area contributed by atoms with Crippen LogP contribution in [-0.4, -0.2) is 48.3 Å². The molecule has 0 aromatic carbocycles. The molecule has 0 spiro atoms. The van der Waals surface area contributed by atoms with Crippen LogP contribution in [0.15, 0.2) is 0 Å². The Morgan fingerprint density at radius 1 is 1.27 bits per heavy atom. The fourth-order valence-electron chi connectivity index (χ4n) is 1.32. The molecule has 0 saturated carbocycles. The van der Waals surface area contributed by atoms with Crippen LogP contribution in [-0.2, 0) is 0 Å². The second-order valence-electron chi connectivity index (χ2n) is 4.72. The molecule has 0 aliphatic rings. The van der Waals surface area contributed by atoms with Gasteiger partial charge in [-0.25, -0.2) is 0 Å². The maximum atomic E-state index is 10.00. The molecule has 0 rings (SSSR count). The van der Waals surface area contributed by atoms with Crippen LogP contribution in [0.2, 0.25) is 0 Å². The normalized spacial score (nSPS) is 16.0. The van der Waals surface area contributed by atoms with Gasteiger partial charge in [-0.3, -0.25) is 0 Å². The fourth-order valence-corrected chi connectivity index (χ4v) is 1.32. The van der Waals surface area contributed by atoms with Crippen molar-refractivity contribution in [1.82, 2.24) is 10.2 Å². The first-order valence-corrected chi connectivity index (χ1v) is 6.09. The van der Waals surface area contributed by atoms with Crippen LogP contribution in [0.3, 0.4) is 0 Å². The Morgan fingerprint density at radius 2 is 1.80 bits per heavy atom. The molecular formula is C12H28N2O. The molecule has 0 aliphatic carbocycles. The molecular weight excluding hydrogens is 188 g/mol. The number of hydrogen-bond donors (Lipinski definition) is 2. The lowest BCUT2D eigenvalue weighted by Gasteiger charge is -2.28. The molecule has 0 aromatic rings.